The molecule has 1 unspecified atom stereocenters. The zero-order valence-electron chi connectivity index (χ0n) is 29.9. The van der Waals surface area contributed by atoms with Crippen LogP contribution in [0, 0.1) is 34.5 Å². The monoisotopic (exact) mass is 680 g/mol. The molecular formula is C36H52N6O7. The van der Waals surface area contributed by atoms with E-state index in [1.165, 1.54) is 11.8 Å². The first-order chi connectivity index (χ1) is 22.8. The molecule has 1 aromatic rings. The second-order valence-electron chi connectivity index (χ2n) is 15.8. The molecule has 0 aromatic carbocycles. The third-order valence-electron chi connectivity index (χ3n) is 9.91. The summed E-state index contributed by atoms with van der Waals surface area (Å²) in [6.07, 6.45) is 3.74. The Balaban J connectivity index is 1.50. The average molecular weight is 681 g/mol. The Morgan fingerprint density at radius 2 is 1.73 bits per heavy atom. The average Bonchev–Trinajstić information content (AvgIpc) is 3.87. The third kappa shape index (κ3) is 9.04. The van der Waals surface area contributed by atoms with Gasteiger partial charge in [0.25, 0.3) is 5.91 Å². The fourth-order valence-electron chi connectivity index (χ4n) is 6.77. The van der Waals surface area contributed by atoms with Gasteiger partial charge in [-0.25, -0.2) is 9.59 Å². The van der Waals surface area contributed by atoms with E-state index in [2.05, 4.69) is 32.8 Å². The molecule has 2 heterocycles. The van der Waals surface area contributed by atoms with E-state index in [-0.39, 0.29) is 41.4 Å². The summed E-state index contributed by atoms with van der Waals surface area (Å²) in [4.78, 5) is 86.3. The molecule has 6 atom stereocenters. The smallest absolute Gasteiger partial charge is 0.334 e. The first kappa shape index (κ1) is 37.5. The SMILES string of the molecule is C=C(C)OC(=O)[C@@H](NC(=O)N[C@H](C(=O)N1C[C@H]2[C@@H]([C@H]1C(=O)NC(CC1CC1)C(=O)C(=O)NCc1ccccn1)C2(C)C)C(C)(C)C)C(C)C. The highest BCUT2D eigenvalue weighted by molar-refractivity contribution is 6.38. The van der Waals surface area contributed by atoms with Crippen LogP contribution in [0.3, 0.4) is 0 Å². The largest absolute Gasteiger partial charge is 0.430 e. The lowest BCUT2D eigenvalue weighted by atomic mass is 9.85. The number of nitrogens with zero attached hydrogens (tertiary/aromatic N) is 2. The molecule has 4 rings (SSSR count). The van der Waals surface area contributed by atoms with Gasteiger partial charge in [0.15, 0.2) is 0 Å². The molecule has 3 fully saturated rings. The van der Waals surface area contributed by atoms with E-state index in [1.807, 2.05) is 13.8 Å². The van der Waals surface area contributed by atoms with Gasteiger partial charge in [-0.05, 0) is 60.0 Å². The number of Topliss-reactive ketones (excluding diaryl/α,β-unsaturated/α-hetero) is 1. The number of carbonyl (C=O) groups is 6. The summed E-state index contributed by atoms with van der Waals surface area (Å²) in [5, 5.41) is 10.9. The quantitative estimate of drug-likeness (QED) is 0.132. The molecule has 13 heteroatoms. The Labute approximate surface area is 288 Å². The molecule has 1 aromatic heterocycles. The first-order valence-electron chi connectivity index (χ1n) is 17.1. The number of carbonyl (C=O) groups excluding carboxylic acids is 6. The van der Waals surface area contributed by atoms with E-state index >= 15 is 0 Å². The van der Waals surface area contributed by atoms with Gasteiger partial charge >= 0.3 is 12.0 Å². The number of pyridine rings is 1. The Kier molecular flexibility index (Phi) is 11.2. The molecule has 13 nitrogen and oxygen atoms in total. The zero-order chi connectivity index (χ0) is 36.4. The number of ketones is 1. The number of likely N-dealkylation sites (tertiary alicyclic amines) is 1. The Morgan fingerprint density at radius 3 is 2.29 bits per heavy atom. The number of amides is 5. The van der Waals surface area contributed by atoms with Crippen molar-refractivity contribution < 1.29 is 33.5 Å². The molecule has 0 bridgehead atoms. The van der Waals surface area contributed by atoms with Gasteiger partial charge in [0, 0.05) is 12.7 Å². The van der Waals surface area contributed by atoms with Crippen LogP contribution < -0.4 is 21.3 Å². The van der Waals surface area contributed by atoms with Crippen molar-refractivity contribution in [3.05, 3.63) is 42.4 Å². The molecule has 1 aliphatic heterocycles. The molecule has 0 radical (unpaired) electrons. The van der Waals surface area contributed by atoms with E-state index in [9.17, 15) is 28.8 Å². The fourth-order valence-corrected chi connectivity index (χ4v) is 6.77. The van der Waals surface area contributed by atoms with E-state index in [0.717, 1.165) is 12.8 Å². The summed E-state index contributed by atoms with van der Waals surface area (Å²) >= 11 is 0. The number of nitrogens with one attached hydrogen (secondary N) is 4. The minimum Gasteiger partial charge on any atom is -0.430 e. The molecule has 0 spiro atoms. The molecule has 2 saturated carbocycles. The van der Waals surface area contributed by atoms with Crippen LogP contribution in [0.15, 0.2) is 36.7 Å². The number of urea groups is 1. The second-order valence-corrected chi connectivity index (χ2v) is 15.8. The van der Waals surface area contributed by atoms with Gasteiger partial charge in [0.2, 0.25) is 17.6 Å². The number of allylic oxidation sites excluding steroid dienone is 1. The summed E-state index contributed by atoms with van der Waals surface area (Å²) in [5.74, 6) is -3.19. The second kappa shape index (κ2) is 14.7. The van der Waals surface area contributed by atoms with Crippen LogP contribution in [0.25, 0.3) is 0 Å². The van der Waals surface area contributed by atoms with Crippen LogP contribution in [0.4, 0.5) is 4.79 Å². The van der Waals surface area contributed by atoms with Crippen molar-refractivity contribution in [3.63, 3.8) is 0 Å². The standard InChI is InChI=1S/C36H52N6O7/c1-19(2)26(33(47)49-20(3)4)40-34(48)41-29(35(5,6)7)32(46)42-18-23-25(36(23,8)9)27(42)30(44)39-24(16-21-13-14-21)28(43)31(45)38-17-22-12-10-11-15-37-22/h10-12,15,19,21,23-27,29H,3,13-14,16-18H2,1-2,4-9H3,(H,38,45)(H,39,44)(H2,40,41,48)/t23-,24?,25-,26-,27-,29+/m0/s1. The zero-order valence-corrected chi connectivity index (χ0v) is 29.9. The van der Waals surface area contributed by atoms with Crippen molar-refractivity contribution in [2.24, 2.45) is 34.5 Å². The van der Waals surface area contributed by atoms with E-state index in [0.29, 0.717) is 18.7 Å². The number of ether oxygens (including phenoxy) is 1. The predicted octanol–water partition coefficient (Wildman–Crippen LogP) is 2.85. The Morgan fingerprint density at radius 1 is 1.06 bits per heavy atom. The Hall–Kier alpha value is -4.29. The van der Waals surface area contributed by atoms with Gasteiger partial charge in [-0.3, -0.25) is 24.2 Å². The van der Waals surface area contributed by atoms with Gasteiger partial charge in [0.1, 0.15) is 18.1 Å². The molecule has 2 aliphatic carbocycles. The Bertz CT molecular complexity index is 1470. The van der Waals surface area contributed by atoms with Gasteiger partial charge in [0.05, 0.1) is 24.0 Å². The summed E-state index contributed by atoms with van der Waals surface area (Å²) < 4.78 is 5.13. The van der Waals surface area contributed by atoms with Crippen LogP contribution in [0.5, 0.6) is 0 Å². The number of piperidine rings is 1. The maximum absolute atomic E-state index is 14.3. The van der Waals surface area contributed by atoms with Crippen molar-refractivity contribution >= 4 is 35.5 Å². The van der Waals surface area contributed by atoms with Gasteiger partial charge in [-0.15, -0.1) is 0 Å². The minimum atomic E-state index is -1.06. The van der Waals surface area contributed by atoms with E-state index in [1.54, 1.807) is 59.0 Å². The van der Waals surface area contributed by atoms with Crippen molar-refractivity contribution in [2.45, 2.75) is 105 Å². The summed E-state index contributed by atoms with van der Waals surface area (Å²) in [7, 11) is 0. The molecule has 268 valence electrons. The highest BCUT2D eigenvalue weighted by atomic mass is 16.5. The summed E-state index contributed by atoms with van der Waals surface area (Å²) in [6, 6.07) is 0.533. The number of rotatable bonds is 14. The molecule has 3 aliphatic rings. The molecular weight excluding hydrogens is 628 g/mol. The third-order valence-corrected chi connectivity index (χ3v) is 9.91. The lowest BCUT2D eigenvalue weighted by Gasteiger charge is -2.38. The normalized spacial score (nSPS) is 22.6. The number of hydrogen-bond acceptors (Lipinski definition) is 8. The van der Waals surface area contributed by atoms with E-state index in [4.69, 9.17) is 4.74 Å². The van der Waals surface area contributed by atoms with E-state index < -0.39 is 65.1 Å². The molecule has 1 saturated heterocycles. The van der Waals surface area contributed by atoms with Gasteiger partial charge in [-0.2, -0.15) is 0 Å². The fraction of sp³-hybridized carbons (Fsp3) is 0.639. The number of esters is 1. The van der Waals surface area contributed by atoms with Gasteiger partial charge < -0.3 is 30.9 Å². The van der Waals surface area contributed by atoms with Crippen molar-refractivity contribution in [1.82, 2.24) is 31.2 Å². The maximum Gasteiger partial charge on any atom is 0.334 e. The maximum atomic E-state index is 14.3. The van der Waals surface area contributed by atoms with Crippen LogP contribution in [-0.2, 0) is 35.3 Å². The topological polar surface area (TPSA) is 176 Å². The summed E-state index contributed by atoms with van der Waals surface area (Å²) in [6.45, 7) is 18.5. The number of fused-ring (bicyclic) bond motifs is 1. The van der Waals surface area contributed by atoms with Crippen molar-refractivity contribution in [1.29, 1.82) is 0 Å². The number of aromatic nitrogens is 1. The highest BCUT2D eigenvalue weighted by Gasteiger charge is 2.70. The van der Waals surface area contributed by atoms with Crippen LogP contribution in [0.1, 0.15) is 80.3 Å². The molecule has 5 amide bonds. The van der Waals surface area contributed by atoms with Crippen LogP contribution >= 0.6 is 0 Å². The lowest BCUT2D eigenvalue weighted by molar-refractivity contribution is -0.145. The lowest BCUT2D eigenvalue weighted by Crippen LogP contribution is -2.62. The number of hydrogen-bond donors (Lipinski definition) is 4. The molecule has 49 heavy (non-hydrogen) atoms. The van der Waals surface area contributed by atoms with Gasteiger partial charge in [-0.1, -0.05) is 74.0 Å². The van der Waals surface area contributed by atoms with Crippen LogP contribution in [0.2, 0.25) is 0 Å². The predicted molar refractivity (Wildman–Crippen MR) is 181 cm³/mol. The van der Waals surface area contributed by atoms with Crippen molar-refractivity contribution in [3.8, 4) is 0 Å². The van der Waals surface area contributed by atoms with Crippen LogP contribution in [-0.4, -0.2) is 76.1 Å². The van der Waals surface area contributed by atoms with Crippen molar-refractivity contribution in [2.75, 3.05) is 6.54 Å². The minimum absolute atomic E-state index is 0.0446. The first-order valence-corrected chi connectivity index (χ1v) is 17.1. The summed E-state index contributed by atoms with van der Waals surface area (Å²) in [5.41, 5.74) is -0.402. The molecule has 4 N–H and O–H groups in total. The highest BCUT2D eigenvalue weighted by Crippen LogP contribution is 2.65.